The first-order valence-corrected chi connectivity index (χ1v) is 22.5. The summed E-state index contributed by atoms with van der Waals surface area (Å²) in [6, 6.07) is 0. The first kappa shape index (κ1) is 49.1. The van der Waals surface area contributed by atoms with Gasteiger partial charge in [-0.25, -0.2) is 0 Å². The molecule has 1 unspecified atom stereocenters. The minimum absolute atomic E-state index is 0.191. The van der Waals surface area contributed by atoms with Gasteiger partial charge >= 0.3 is 0 Å². The van der Waals surface area contributed by atoms with Crippen LogP contribution in [0.25, 0.3) is 0 Å². The zero-order valence-electron chi connectivity index (χ0n) is 35.6. The lowest BCUT2D eigenvalue weighted by Gasteiger charge is -2.29. The fraction of sp³-hybridized carbons (Fsp3) is 0.771. The van der Waals surface area contributed by atoms with Crippen LogP contribution < -0.4 is 5.32 Å². The number of nitrogens with one attached hydrogen (secondary N) is 1. The van der Waals surface area contributed by atoms with Gasteiger partial charge in [0.1, 0.15) is 0 Å². The van der Waals surface area contributed by atoms with Crippen molar-refractivity contribution >= 4 is 6.72 Å². The molecule has 0 aromatic heterocycles. The number of hydrogen-bond donors (Lipinski definition) is 1. The van der Waals surface area contributed by atoms with Crippen LogP contribution in [0.1, 0.15) is 194 Å². The van der Waals surface area contributed by atoms with Crippen molar-refractivity contribution in [2.24, 2.45) is 4.99 Å². The van der Waals surface area contributed by atoms with E-state index in [1.807, 2.05) is 13.2 Å². The second-order valence-corrected chi connectivity index (χ2v) is 15.6. The SMILES string of the molecule is C=N/C(=C\NC)CCN(C)CCC1COC(CCCCCCCC/C=C\C/C=C\CCCCC)(CCCCCCCC/C=C\C/C=C\CCCCC)O1. The highest BCUT2D eigenvalue weighted by atomic mass is 16.7. The summed E-state index contributed by atoms with van der Waals surface area (Å²) in [6.07, 6.45) is 55.6. The van der Waals surface area contributed by atoms with E-state index in [0.29, 0.717) is 0 Å². The Morgan fingerprint density at radius 1 is 0.660 bits per heavy atom. The molecule has 0 aliphatic carbocycles. The van der Waals surface area contributed by atoms with E-state index in [4.69, 9.17) is 9.47 Å². The quantitative estimate of drug-likeness (QED) is 0.0389. The Morgan fingerprint density at radius 3 is 1.57 bits per heavy atom. The van der Waals surface area contributed by atoms with Gasteiger partial charge in [0.05, 0.1) is 18.4 Å². The van der Waals surface area contributed by atoms with Gasteiger partial charge < -0.3 is 19.7 Å². The van der Waals surface area contributed by atoms with Gasteiger partial charge in [0, 0.05) is 45.6 Å². The van der Waals surface area contributed by atoms with Crippen molar-refractivity contribution in [3.05, 3.63) is 60.5 Å². The van der Waals surface area contributed by atoms with Crippen molar-refractivity contribution in [1.82, 2.24) is 10.2 Å². The van der Waals surface area contributed by atoms with Crippen LogP contribution >= 0.6 is 0 Å². The van der Waals surface area contributed by atoms with Gasteiger partial charge in [-0.15, -0.1) is 0 Å². The van der Waals surface area contributed by atoms with Gasteiger partial charge in [-0.3, -0.25) is 4.99 Å². The molecule has 1 heterocycles. The van der Waals surface area contributed by atoms with Crippen LogP contribution in [0.4, 0.5) is 0 Å². The van der Waals surface area contributed by atoms with Crippen LogP contribution in [0.2, 0.25) is 0 Å². The van der Waals surface area contributed by atoms with Crippen LogP contribution in [0, 0.1) is 0 Å². The van der Waals surface area contributed by atoms with Crippen LogP contribution in [0.3, 0.4) is 0 Å². The summed E-state index contributed by atoms with van der Waals surface area (Å²) in [6.45, 7) is 10.9. The van der Waals surface area contributed by atoms with Gasteiger partial charge in [-0.1, -0.05) is 140 Å². The minimum atomic E-state index is -0.372. The molecule has 1 N–H and O–H groups in total. The largest absolute Gasteiger partial charge is 0.393 e. The van der Waals surface area contributed by atoms with Gasteiger partial charge in [-0.05, 0) is 97.2 Å². The first-order chi connectivity index (χ1) is 26.1. The third-order valence-electron chi connectivity index (χ3n) is 10.5. The standard InChI is InChI=1S/C48H87N3O2/c1-6-8-10-12-14-16-18-20-22-24-26-28-30-32-34-36-40-48(52-45-47(53-48)39-43-51(5)42-38-46(50-4)44-49-3)41-37-35-33-31-29-27-25-23-21-19-17-15-13-11-9-7-2/h14-17,20-23,44,47,49H,4,6-13,18-19,24-43,45H2,1-3,5H3/b16-14-,17-15-,22-20-,23-21-,46-44-. The average Bonchev–Trinajstić information content (AvgIpc) is 3.58. The highest BCUT2D eigenvalue weighted by Crippen LogP contribution is 2.35. The van der Waals surface area contributed by atoms with Crippen LogP contribution in [-0.4, -0.2) is 57.3 Å². The van der Waals surface area contributed by atoms with E-state index < -0.39 is 0 Å². The van der Waals surface area contributed by atoms with Crippen molar-refractivity contribution < 1.29 is 9.47 Å². The molecule has 1 aliphatic rings. The third kappa shape index (κ3) is 30.0. The summed E-state index contributed by atoms with van der Waals surface area (Å²) in [5.41, 5.74) is 1.00. The molecule has 1 aliphatic heterocycles. The normalized spacial score (nSPS) is 16.5. The predicted molar refractivity (Wildman–Crippen MR) is 235 cm³/mol. The molecule has 0 spiro atoms. The molecule has 0 aromatic carbocycles. The molecule has 1 rings (SSSR count). The number of hydrogen-bond acceptors (Lipinski definition) is 5. The zero-order valence-corrected chi connectivity index (χ0v) is 35.6. The van der Waals surface area contributed by atoms with E-state index in [1.54, 1.807) is 0 Å². The molecular formula is C48H87N3O2. The van der Waals surface area contributed by atoms with Crippen molar-refractivity contribution in [1.29, 1.82) is 0 Å². The van der Waals surface area contributed by atoms with Crippen LogP contribution in [-0.2, 0) is 9.47 Å². The second kappa shape index (κ2) is 37.0. The molecule has 0 aromatic rings. The highest BCUT2D eigenvalue weighted by Gasteiger charge is 2.40. The maximum absolute atomic E-state index is 6.81. The molecule has 0 saturated carbocycles. The fourth-order valence-corrected chi connectivity index (χ4v) is 7.06. The maximum atomic E-state index is 6.81. The van der Waals surface area contributed by atoms with Crippen LogP contribution in [0.5, 0.6) is 0 Å². The molecular weight excluding hydrogens is 651 g/mol. The predicted octanol–water partition coefficient (Wildman–Crippen LogP) is 14.0. The highest BCUT2D eigenvalue weighted by molar-refractivity contribution is 5.28. The third-order valence-corrected chi connectivity index (χ3v) is 10.5. The number of ether oxygens (including phenoxy) is 2. The number of allylic oxidation sites excluding steroid dienone is 8. The lowest BCUT2D eigenvalue weighted by Crippen LogP contribution is -2.32. The van der Waals surface area contributed by atoms with Crippen molar-refractivity contribution in [3.8, 4) is 0 Å². The average molecular weight is 738 g/mol. The zero-order chi connectivity index (χ0) is 38.3. The van der Waals surface area contributed by atoms with E-state index >= 15 is 0 Å². The topological polar surface area (TPSA) is 46.1 Å². The van der Waals surface area contributed by atoms with E-state index in [9.17, 15) is 0 Å². The Bertz CT molecular complexity index is 920. The van der Waals surface area contributed by atoms with E-state index in [-0.39, 0.29) is 11.9 Å². The molecule has 1 fully saturated rings. The van der Waals surface area contributed by atoms with Crippen LogP contribution in [0.15, 0.2) is 65.5 Å². The lowest BCUT2D eigenvalue weighted by atomic mass is 9.98. The Balaban J connectivity index is 2.35. The first-order valence-electron chi connectivity index (χ1n) is 22.5. The second-order valence-electron chi connectivity index (χ2n) is 15.6. The fourth-order valence-electron chi connectivity index (χ4n) is 7.06. The molecule has 306 valence electrons. The monoisotopic (exact) mass is 738 g/mol. The molecule has 53 heavy (non-hydrogen) atoms. The van der Waals surface area contributed by atoms with E-state index in [1.165, 1.54) is 141 Å². The van der Waals surface area contributed by atoms with Gasteiger partial charge in [0.15, 0.2) is 5.79 Å². The number of nitrogens with zero attached hydrogens (tertiary/aromatic N) is 2. The summed E-state index contributed by atoms with van der Waals surface area (Å²) >= 11 is 0. The Morgan fingerprint density at radius 2 is 1.11 bits per heavy atom. The van der Waals surface area contributed by atoms with Crippen molar-refractivity contribution in [2.75, 3.05) is 33.8 Å². The van der Waals surface area contributed by atoms with Gasteiger partial charge in [-0.2, -0.15) is 0 Å². The number of unbranched alkanes of at least 4 members (excludes halogenated alkanes) is 18. The summed E-state index contributed by atoms with van der Waals surface area (Å²) < 4.78 is 13.4. The summed E-state index contributed by atoms with van der Waals surface area (Å²) in [5, 5.41) is 3.07. The summed E-state index contributed by atoms with van der Waals surface area (Å²) in [7, 11) is 4.10. The molecule has 0 radical (unpaired) electrons. The lowest BCUT2D eigenvalue weighted by molar-refractivity contribution is -0.180. The number of aliphatic imine (C=N–C) groups is 1. The molecule has 1 saturated heterocycles. The van der Waals surface area contributed by atoms with E-state index in [2.05, 4.69) is 91.4 Å². The molecule has 0 amide bonds. The smallest absolute Gasteiger partial charge is 0.168 e. The maximum Gasteiger partial charge on any atom is 0.168 e. The van der Waals surface area contributed by atoms with Gasteiger partial charge in [0.25, 0.3) is 0 Å². The minimum Gasteiger partial charge on any atom is -0.393 e. The molecule has 1 atom stereocenters. The summed E-state index contributed by atoms with van der Waals surface area (Å²) in [4.78, 5) is 6.51. The van der Waals surface area contributed by atoms with Crippen molar-refractivity contribution in [3.63, 3.8) is 0 Å². The van der Waals surface area contributed by atoms with Crippen molar-refractivity contribution in [2.45, 2.75) is 206 Å². The van der Waals surface area contributed by atoms with E-state index in [0.717, 1.165) is 63.9 Å². The van der Waals surface area contributed by atoms with Gasteiger partial charge in [0.2, 0.25) is 0 Å². The molecule has 5 heteroatoms. The Kier molecular flexibility index (Phi) is 34.3. The summed E-state index contributed by atoms with van der Waals surface area (Å²) in [5.74, 6) is -0.372. The molecule has 5 nitrogen and oxygen atoms in total. The Labute approximate surface area is 330 Å². The molecule has 0 bridgehead atoms. The number of rotatable bonds is 38. The Hall–Kier alpha value is -1.95.